The van der Waals surface area contributed by atoms with Crippen LogP contribution in [0, 0.1) is 5.41 Å². The first-order valence-corrected chi connectivity index (χ1v) is 14.3. The van der Waals surface area contributed by atoms with Gasteiger partial charge in [-0.1, -0.05) is 91.3 Å². The van der Waals surface area contributed by atoms with Gasteiger partial charge in [-0.25, -0.2) is 0 Å². The molecule has 3 fully saturated rings. The van der Waals surface area contributed by atoms with Gasteiger partial charge in [-0.15, -0.1) is 0 Å². The lowest BCUT2D eigenvalue weighted by Crippen LogP contribution is -2.59. The number of hydrogen-bond donors (Lipinski definition) is 3. The Labute approximate surface area is 233 Å². The zero-order chi connectivity index (χ0) is 27.7. The Bertz CT molecular complexity index is 1540. The van der Waals surface area contributed by atoms with Crippen molar-refractivity contribution in [3.05, 3.63) is 96.1 Å². The van der Waals surface area contributed by atoms with Crippen LogP contribution >= 0.6 is 0 Å². The lowest BCUT2D eigenvalue weighted by molar-refractivity contribution is -0.167. The minimum absolute atomic E-state index is 0.374. The summed E-state index contributed by atoms with van der Waals surface area (Å²) in [4.78, 5) is 29.6. The van der Waals surface area contributed by atoms with Crippen LogP contribution in [0.15, 0.2) is 84.9 Å². The highest BCUT2D eigenvalue weighted by atomic mass is 16.3. The molecule has 2 amide bonds. The molecule has 3 aliphatic carbocycles. The molecule has 0 aromatic heterocycles. The van der Waals surface area contributed by atoms with Gasteiger partial charge < -0.3 is 20.8 Å². The Morgan fingerprint density at radius 1 is 0.650 bits per heavy atom. The van der Waals surface area contributed by atoms with Crippen molar-refractivity contribution in [1.29, 1.82) is 0 Å². The molecule has 0 spiro atoms. The molecule has 2 unspecified atom stereocenters. The SMILES string of the molecule is NC(=O)C1(C(=O)N(C(c2cccc3ccccc23)C2(O)CC2)C(c2cccc3ccccc23)C2(O)CC2)CCC1. The second-order valence-electron chi connectivity index (χ2n) is 12.2. The van der Waals surface area contributed by atoms with Gasteiger partial charge >= 0.3 is 0 Å². The average Bonchev–Trinajstić information content (AvgIpc) is 3.86. The molecule has 6 heteroatoms. The topological polar surface area (TPSA) is 104 Å². The molecule has 3 saturated carbocycles. The van der Waals surface area contributed by atoms with E-state index in [0.717, 1.165) is 39.1 Å². The van der Waals surface area contributed by atoms with Crippen molar-refractivity contribution in [2.45, 2.75) is 68.2 Å². The summed E-state index contributed by atoms with van der Waals surface area (Å²) >= 11 is 0. The summed E-state index contributed by atoms with van der Waals surface area (Å²) in [6.07, 6.45) is 3.57. The van der Waals surface area contributed by atoms with E-state index >= 15 is 0 Å². The molecule has 6 nitrogen and oxygen atoms in total. The first-order valence-electron chi connectivity index (χ1n) is 14.3. The van der Waals surface area contributed by atoms with Gasteiger partial charge in [-0.05, 0) is 71.2 Å². The molecule has 204 valence electrons. The van der Waals surface area contributed by atoms with Crippen molar-refractivity contribution in [3.63, 3.8) is 0 Å². The molecule has 7 rings (SSSR count). The Kier molecular flexibility index (Phi) is 5.61. The van der Waals surface area contributed by atoms with Crippen molar-refractivity contribution >= 4 is 33.4 Å². The fourth-order valence-corrected chi connectivity index (χ4v) is 6.90. The highest BCUT2D eigenvalue weighted by Gasteiger charge is 2.63. The molecule has 4 aromatic carbocycles. The lowest BCUT2D eigenvalue weighted by Gasteiger charge is -2.49. The van der Waals surface area contributed by atoms with Crippen LogP contribution in [0.3, 0.4) is 0 Å². The molecule has 0 aliphatic heterocycles. The van der Waals surface area contributed by atoms with Crippen LogP contribution in [0.1, 0.15) is 68.2 Å². The molecule has 4 N–H and O–H groups in total. The number of benzene rings is 4. The monoisotopic (exact) mass is 534 g/mol. The van der Waals surface area contributed by atoms with Crippen molar-refractivity contribution in [3.8, 4) is 0 Å². The zero-order valence-corrected chi connectivity index (χ0v) is 22.4. The molecule has 4 aromatic rings. The van der Waals surface area contributed by atoms with Crippen molar-refractivity contribution in [1.82, 2.24) is 4.90 Å². The first kappa shape index (κ1) is 25.2. The van der Waals surface area contributed by atoms with E-state index in [1.807, 2.05) is 84.9 Å². The molecule has 0 saturated heterocycles. The molecular formula is C34H34N2O4. The maximum atomic E-state index is 14.9. The van der Waals surface area contributed by atoms with E-state index in [1.165, 1.54) is 0 Å². The molecule has 0 radical (unpaired) electrons. The molecular weight excluding hydrogens is 500 g/mol. The first-order chi connectivity index (χ1) is 19.3. The smallest absolute Gasteiger partial charge is 0.239 e. The zero-order valence-electron chi connectivity index (χ0n) is 22.4. The highest BCUT2D eigenvalue weighted by molar-refractivity contribution is 6.06. The summed E-state index contributed by atoms with van der Waals surface area (Å²) < 4.78 is 0. The van der Waals surface area contributed by atoms with Gasteiger partial charge in [-0.2, -0.15) is 0 Å². The molecule has 2 atom stereocenters. The van der Waals surface area contributed by atoms with Crippen LogP contribution in [0.4, 0.5) is 0 Å². The predicted molar refractivity (Wildman–Crippen MR) is 154 cm³/mol. The van der Waals surface area contributed by atoms with E-state index < -0.39 is 34.6 Å². The quantitative estimate of drug-likeness (QED) is 0.267. The largest absolute Gasteiger partial charge is 0.387 e. The van der Waals surface area contributed by atoms with E-state index in [2.05, 4.69) is 0 Å². The minimum Gasteiger partial charge on any atom is -0.387 e. The highest BCUT2D eigenvalue weighted by Crippen LogP contribution is 2.60. The normalized spacial score (nSPS) is 21.2. The summed E-state index contributed by atoms with van der Waals surface area (Å²) in [5.41, 5.74) is 3.89. The van der Waals surface area contributed by atoms with Crippen LogP contribution in [-0.4, -0.2) is 38.1 Å². The Balaban J connectivity index is 1.52. The Morgan fingerprint density at radius 3 is 1.45 bits per heavy atom. The van der Waals surface area contributed by atoms with Crippen LogP contribution in [0.2, 0.25) is 0 Å². The number of fused-ring (bicyclic) bond motifs is 2. The second kappa shape index (κ2) is 8.88. The number of rotatable bonds is 8. The standard InChI is InChI=1S/C34H34N2O4/c35-30(37)32(16-7-17-32)31(38)36(28(33(39)18-19-33)26-14-5-10-22-8-1-3-12-24(22)26)29(34(40)20-21-34)27-15-6-11-23-9-2-4-13-25(23)27/h1-6,8-15,28-29,39-40H,7,16-21H2,(H2,35,37). The summed E-state index contributed by atoms with van der Waals surface area (Å²) in [5.74, 6) is -1.02. The van der Waals surface area contributed by atoms with E-state index in [4.69, 9.17) is 5.73 Å². The number of hydrogen-bond acceptors (Lipinski definition) is 4. The van der Waals surface area contributed by atoms with Crippen LogP contribution in [0.25, 0.3) is 21.5 Å². The number of aliphatic hydroxyl groups is 2. The number of nitrogens with zero attached hydrogens (tertiary/aromatic N) is 1. The van der Waals surface area contributed by atoms with E-state index in [-0.39, 0.29) is 5.91 Å². The number of carbonyl (C=O) groups excluding carboxylic acids is 2. The molecule has 3 aliphatic rings. The summed E-state index contributed by atoms with van der Waals surface area (Å²) in [7, 11) is 0. The van der Waals surface area contributed by atoms with Crippen LogP contribution in [-0.2, 0) is 9.59 Å². The van der Waals surface area contributed by atoms with Gasteiger partial charge in [0.05, 0.1) is 23.3 Å². The van der Waals surface area contributed by atoms with Gasteiger partial charge in [0.2, 0.25) is 11.8 Å². The maximum Gasteiger partial charge on any atom is 0.239 e. The third-order valence-electron chi connectivity index (χ3n) is 9.66. The molecule has 0 bridgehead atoms. The summed E-state index contributed by atoms with van der Waals surface area (Å²) in [6, 6.07) is 26.3. The van der Waals surface area contributed by atoms with Crippen molar-refractivity contribution in [2.75, 3.05) is 0 Å². The number of primary amides is 1. The van der Waals surface area contributed by atoms with E-state index in [9.17, 15) is 19.8 Å². The number of amides is 2. The van der Waals surface area contributed by atoms with E-state index in [0.29, 0.717) is 38.5 Å². The van der Waals surface area contributed by atoms with Gasteiger partial charge in [0, 0.05) is 0 Å². The fraction of sp³-hybridized carbons (Fsp3) is 0.353. The van der Waals surface area contributed by atoms with Gasteiger partial charge in [0.25, 0.3) is 0 Å². The molecule has 40 heavy (non-hydrogen) atoms. The number of carbonyl (C=O) groups is 2. The van der Waals surface area contributed by atoms with Crippen molar-refractivity contribution < 1.29 is 19.8 Å². The number of nitrogens with two attached hydrogens (primary N) is 1. The Hall–Kier alpha value is -3.74. The minimum atomic E-state index is -1.35. The summed E-state index contributed by atoms with van der Waals surface area (Å²) in [5, 5.41) is 27.9. The van der Waals surface area contributed by atoms with Gasteiger partial charge in [0.1, 0.15) is 5.41 Å². The van der Waals surface area contributed by atoms with Gasteiger partial charge in [0.15, 0.2) is 0 Å². The van der Waals surface area contributed by atoms with Gasteiger partial charge in [-0.3, -0.25) is 9.59 Å². The third-order valence-corrected chi connectivity index (χ3v) is 9.66. The fourth-order valence-electron chi connectivity index (χ4n) is 6.90. The van der Waals surface area contributed by atoms with Crippen LogP contribution < -0.4 is 5.73 Å². The maximum absolute atomic E-state index is 14.9. The summed E-state index contributed by atoms with van der Waals surface area (Å²) in [6.45, 7) is 0. The van der Waals surface area contributed by atoms with Crippen molar-refractivity contribution in [2.24, 2.45) is 11.1 Å². The molecule has 0 heterocycles. The Morgan fingerprint density at radius 2 is 1.07 bits per heavy atom. The predicted octanol–water partition coefficient (Wildman–Crippen LogP) is 5.31. The second-order valence-corrected chi connectivity index (χ2v) is 12.2. The van der Waals surface area contributed by atoms with E-state index in [1.54, 1.807) is 4.90 Å². The third kappa shape index (κ3) is 3.77. The van der Waals surface area contributed by atoms with Crippen LogP contribution in [0.5, 0.6) is 0 Å². The lowest BCUT2D eigenvalue weighted by atomic mass is 9.66. The average molecular weight is 535 g/mol.